The number of benzene rings is 2. The van der Waals surface area contributed by atoms with Crippen LogP contribution in [-0.4, -0.2) is 4.98 Å². The van der Waals surface area contributed by atoms with Gasteiger partial charge >= 0.3 is 0 Å². The molecule has 2 nitrogen and oxygen atoms in total. The van der Waals surface area contributed by atoms with Gasteiger partial charge in [0.15, 0.2) is 0 Å². The van der Waals surface area contributed by atoms with Crippen LogP contribution in [0.2, 0.25) is 5.02 Å². The number of pyridine rings is 1. The van der Waals surface area contributed by atoms with Gasteiger partial charge in [-0.25, -0.2) is 0 Å². The summed E-state index contributed by atoms with van der Waals surface area (Å²) in [6.07, 6.45) is 3.67. The highest BCUT2D eigenvalue weighted by molar-refractivity contribution is 8.00. The Balaban J connectivity index is 1.84. The molecule has 1 N–H and O–H groups in total. The van der Waals surface area contributed by atoms with Crippen LogP contribution < -0.4 is 4.72 Å². The van der Waals surface area contributed by atoms with Crippen molar-refractivity contribution in [2.45, 2.75) is 4.90 Å². The zero-order valence-corrected chi connectivity index (χ0v) is 11.6. The molecule has 0 radical (unpaired) electrons. The van der Waals surface area contributed by atoms with Gasteiger partial charge in [0.2, 0.25) is 0 Å². The number of anilines is 1. The van der Waals surface area contributed by atoms with Crippen LogP contribution in [0.3, 0.4) is 0 Å². The van der Waals surface area contributed by atoms with Crippen molar-refractivity contribution in [1.82, 2.24) is 4.98 Å². The van der Waals surface area contributed by atoms with Crippen LogP contribution in [0.1, 0.15) is 0 Å². The predicted molar refractivity (Wildman–Crippen MR) is 82.7 cm³/mol. The molecule has 0 atom stereocenters. The lowest BCUT2D eigenvalue weighted by Gasteiger charge is -2.08. The molecule has 0 aliphatic carbocycles. The van der Waals surface area contributed by atoms with Crippen molar-refractivity contribution in [3.8, 4) is 0 Å². The Labute approximate surface area is 121 Å². The zero-order valence-electron chi connectivity index (χ0n) is 10.0. The third-order valence-electron chi connectivity index (χ3n) is 2.77. The minimum atomic E-state index is 0.751. The Morgan fingerprint density at radius 2 is 1.84 bits per heavy atom. The fourth-order valence-electron chi connectivity index (χ4n) is 1.83. The molecular formula is C15H11ClN2S. The van der Waals surface area contributed by atoms with E-state index in [1.807, 2.05) is 42.6 Å². The van der Waals surface area contributed by atoms with E-state index >= 15 is 0 Å². The third-order valence-corrected chi connectivity index (χ3v) is 3.86. The molecule has 0 amide bonds. The van der Waals surface area contributed by atoms with E-state index in [9.17, 15) is 0 Å². The molecule has 1 heterocycles. The number of nitrogens with one attached hydrogen (secondary N) is 1. The average molecular weight is 287 g/mol. The van der Waals surface area contributed by atoms with Crippen molar-refractivity contribution in [1.29, 1.82) is 0 Å². The van der Waals surface area contributed by atoms with E-state index in [0.717, 1.165) is 21.0 Å². The Morgan fingerprint density at radius 3 is 2.68 bits per heavy atom. The van der Waals surface area contributed by atoms with E-state index in [1.54, 1.807) is 18.1 Å². The first-order valence-corrected chi connectivity index (χ1v) is 7.03. The van der Waals surface area contributed by atoms with Crippen molar-refractivity contribution in [2.24, 2.45) is 0 Å². The minimum absolute atomic E-state index is 0.751. The van der Waals surface area contributed by atoms with Gasteiger partial charge in [0.25, 0.3) is 0 Å². The van der Waals surface area contributed by atoms with Crippen LogP contribution >= 0.6 is 23.5 Å². The van der Waals surface area contributed by atoms with Crippen LogP contribution in [0.4, 0.5) is 5.69 Å². The summed E-state index contributed by atoms with van der Waals surface area (Å²) in [5.41, 5.74) is 1.08. The molecule has 0 saturated carbocycles. The number of hydrogen-bond acceptors (Lipinski definition) is 3. The van der Waals surface area contributed by atoms with Crippen LogP contribution in [-0.2, 0) is 0 Å². The molecule has 0 aliphatic rings. The van der Waals surface area contributed by atoms with Gasteiger partial charge in [0.05, 0.1) is 5.69 Å². The number of aromatic nitrogens is 1. The molecule has 94 valence electrons. The van der Waals surface area contributed by atoms with E-state index in [0.29, 0.717) is 0 Å². The monoisotopic (exact) mass is 286 g/mol. The van der Waals surface area contributed by atoms with Gasteiger partial charge in [0, 0.05) is 33.1 Å². The molecule has 0 saturated heterocycles. The quantitative estimate of drug-likeness (QED) is 0.685. The SMILES string of the molecule is Clc1ccc(SNc2cccc3cnccc23)cc1. The predicted octanol–water partition coefficient (Wildman–Crippen LogP) is 5.01. The maximum atomic E-state index is 5.87. The highest BCUT2D eigenvalue weighted by atomic mass is 35.5. The molecule has 4 heteroatoms. The van der Waals surface area contributed by atoms with Crippen LogP contribution in [0.25, 0.3) is 10.8 Å². The molecule has 0 unspecified atom stereocenters. The molecule has 0 fully saturated rings. The summed E-state index contributed by atoms with van der Waals surface area (Å²) >= 11 is 7.44. The largest absolute Gasteiger partial charge is 0.325 e. The summed E-state index contributed by atoms with van der Waals surface area (Å²) in [5.74, 6) is 0. The van der Waals surface area contributed by atoms with Crippen molar-refractivity contribution >= 4 is 40.0 Å². The second kappa shape index (κ2) is 5.51. The highest BCUT2D eigenvalue weighted by Gasteiger charge is 2.01. The number of fused-ring (bicyclic) bond motifs is 1. The molecule has 3 rings (SSSR count). The maximum absolute atomic E-state index is 5.87. The summed E-state index contributed by atoms with van der Waals surface area (Å²) in [5, 5.41) is 3.05. The topological polar surface area (TPSA) is 24.9 Å². The smallest absolute Gasteiger partial charge is 0.0523 e. The van der Waals surface area contributed by atoms with E-state index in [2.05, 4.69) is 21.8 Å². The van der Waals surface area contributed by atoms with E-state index < -0.39 is 0 Å². The normalized spacial score (nSPS) is 10.6. The second-order valence-electron chi connectivity index (χ2n) is 4.06. The Bertz CT molecular complexity index is 693. The van der Waals surface area contributed by atoms with E-state index in [4.69, 9.17) is 11.6 Å². The summed E-state index contributed by atoms with van der Waals surface area (Å²) in [4.78, 5) is 5.25. The molecule has 0 bridgehead atoms. The fraction of sp³-hybridized carbons (Fsp3) is 0. The summed E-state index contributed by atoms with van der Waals surface area (Å²) < 4.78 is 3.37. The molecule has 0 aliphatic heterocycles. The van der Waals surface area contributed by atoms with E-state index in [1.165, 1.54) is 5.39 Å². The van der Waals surface area contributed by atoms with Crippen molar-refractivity contribution in [3.63, 3.8) is 0 Å². The van der Waals surface area contributed by atoms with Gasteiger partial charge < -0.3 is 4.72 Å². The van der Waals surface area contributed by atoms with Crippen LogP contribution in [0.15, 0.2) is 65.8 Å². The van der Waals surface area contributed by atoms with Crippen LogP contribution in [0.5, 0.6) is 0 Å². The lowest BCUT2D eigenvalue weighted by atomic mass is 10.1. The second-order valence-corrected chi connectivity index (χ2v) is 5.38. The molecular weight excluding hydrogens is 276 g/mol. The molecule has 0 spiro atoms. The number of rotatable bonds is 3. The number of nitrogens with zero attached hydrogens (tertiary/aromatic N) is 1. The minimum Gasteiger partial charge on any atom is -0.325 e. The maximum Gasteiger partial charge on any atom is 0.0523 e. The zero-order chi connectivity index (χ0) is 13.1. The van der Waals surface area contributed by atoms with Crippen molar-refractivity contribution in [2.75, 3.05) is 4.72 Å². The fourth-order valence-corrected chi connectivity index (χ4v) is 2.63. The van der Waals surface area contributed by atoms with Gasteiger partial charge in [-0.1, -0.05) is 23.7 Å². The standard InChI is InChI=1S/C15H11ClN2S/c16-12-4-6-13(7-5-12)19-18-15-3-1-2-11-10-17-9-8-14(11)15/h1-10,18H. The first-order valence-electron chi connectivity index (χ1n) is 5.84. The summed E-state index contributed by atoms with van der Waals surface area (Å²) in [6.45, 7) is 0. The Morgan fingerprint density at radius 1 is 1.00 bits per heavy atom. The lowest BCUT2D eigenvalue weighted by molar-refractivity contribution is 1.36. The first-order chi connectivity index (χ1) is 9.33. The Hall–Kier alpha value is -1.71. The van der Waals surface area contributed by atoms with Crippen LogP contribution in [0, 0.1) is 0 Å². The molecule has 3 aromatic rings. The Kier molecular flexibility index (Phi) is 3.58. The van der Waals surface area contributed by atoms with E-state index in [-0.39, 0.29) is 0 Å². The summed E-state index contributed by atoms with van der Waals surface area (Å²) in [7, 11) is 0. The van der Waals surface area contributed by atoms with Gasteiger partial charge in [-0.15, -0.1) is 0 Å². The van der Waals surface area contributed by atoms with Gasteiger partial charge in [-0.05, 0) is 48.3 Å². The average Bonchev–Trinajstić information content (AvgIpc) is 2.47. The molecule has 2 aromatic carbocycles. The lowest BCUT2D eigenvalue weighted by Crippen LogP contribution is -1.88. The highest BCUT2D eigenvalue weighted by Crippen LogP contribution is 2.28. The number of halogens is 1. The van der Waals surface area contributed by atoms with Crippen molar-refractivity contribution in [3.05, 3.63) is 65.9 Å². The van der Waals surface area contributed by atoms with Crippen molar-refractivity contribution < 1.29 is 0 Å². The number of hydrogen-bond donors (Lipinski definition) is 1. The molecule has 1 aromatic heterocycles. The van der Waals surface area contributed by atoms with Gasteiger partial charge in [0.1, 0.15) is 0 Å². The third kappa shape index (κ3) is 2.83. The molecule has 19 heavy (non-hydrogen) atoms. The summed E-state index contributed by atoms with van der Waals surface area (Å²) in [6, 6.07) is 15.9. The first kappa shape index (κ1) is 12.3. The van der Waals surface area contributed by atoms with Gasteiger partial charge in [-0.3, -0.25) is 4.98 Å². The van der Waals surface area contributed by atoms with Gasteiger partial charge in [-0.2, -0.15) is 0 Å².